The standard InChI is InChI=1S/C17H26O6/c1-8-19-7-11(20-8)13-17(6-9-4-5-10(18)12(9)17)14-15(21-13)23-16(2,3)22-14/h8-15,18H,4-7H2,1-3H3/t8?,9-,10+,11-,12+,13-,14+,15-,17-/m0/s1. The molecule has 3 aliphatic heterocycles. The van der Waals surface area contributed by atoms with Gasteiger partial charge < -0.3 is 28.8 Å². The first-order valence-corrected chi connectivity index (χ1v) is 8.87. The molecule has 1 unspecified atom stereocenters. The maximum Gasteiger partial charge on any atom is 0.188 e. The number of aliphatic hydroxyl groups is 1. The molecule has 6 heteroatoms. The Bertz CT molecular complexity index is 503. The van der Waals surface area contributed by atoms with Gasteiger partial charge in [0.15, 0.2) is 18.4 Å². The molecule has 3 heterocycles. The minimum atomic E-state index is -0.637. The van der Waals surface area contributed by atoms with Crippen LogP contribution in [0.4, 0.5) is 0 Å². The maximum atomic E-state index is 10.6. The Balaban J connectivity index is 1.50. The van der Waals surface area contributed by atoms with Crippen LogP contribution in [-0.2, 0) is 23.7 Å². The van der Waals surface area contributed by atoms with E-state index in [2.05, 4.69) is 0 Å². The molecule has 0 aromatic carbocycles. The summed E-state index contributed by atoms with van der Waals surface area (Å²) in [6, 6.07) is 0. The fraction of sp³-hybridized carbons (Fsp3) is 1.00. The quantitative estimate of drug-likeness (QED) is 0.786. The van der Waals surface area contributed by atoms with E-state index in [1.54, 1.807) is 0 Å². The van der Waals surface area contributed by atoms with Gasteiger partial charge in [0, 0.05) is 5.41 Å². The lowest BCUT2D eigenvalue weighted by molar-refractivity contribution is -0.260. The zero-order chi connectivity index (χ0) is 16.0. The highest BCUT2D eigenvalue weighted by molar-refractivity contribution is 5.20. The van der Waals surface area contributed by atoms with Crippen LogP contribution < -0.4 is 0 Å². The SMILES string of the molecule is CC1OC[C@@H]([C@@H]2O[C@H]3OC(C)(C)O[C@H]3[C@]23C[C@@H]2CC[C@@H](O)[C@@H]23)O1. The van der Waals surface area contributed by atoms with Crippen LogP contribution in [0.3, 0.4) is 0 Å². The first-order chi connectivity index (χ1) is 10.9. The van der Waals surface area contributed by atoms with Crippen molar-refractivity contribution in [3.63, 3.8) is 0 Å². The highest BCUT2D eigenvalue weighted by Crippen LogP contribution is 2.69. The minimum absolute atomic E-state index is 0.111. The lowest BCUT2D eigenvalue weighted by Crippen LogP contribution is -2.62. The molecule has 2 saturated carbocycles. The first kappa shape index (κ1) is 15.0. The van der Waals surface area contributed by atoms with E-state index >= 15 is 0 Å². The van der Waals surface area contributed by atoms with Crippen molar-refractivity contribution in [2.75, 3.05) is 6.61 Å². The average molecular weight is 326 g/mol. The van der Waals surface area contributed by atoms with Crippen molar-refractivity contribution in [1.29, 1.82) is 0 Å². The van der Waals surface area contributed by atoms with E-state index in [-0.39, 0.29) is 48.3 Å². The topological polar surface area (TPSA) is 66.4 Å². The maximum absolute atomic E-state index is 10.6. The molecule has 0 amide bonds. The number of hydrogen-bond donors (Lipinski definition) is 1. The highest BCUT2D eigenvalue weighted by atomic mass is 16.8. The van der Waals surface area contributed by atoms with Gasteiger partial charge in [-0.1, -0.05) is 0 Å². The summed E-state index contributed by atoms with van der Waals surface area (Å²) >= 11 is 0. The van der Waals surface area contributed by atoms with Crippen molar-refractivity contribution in [2.45, 2.75) is 82.8 Å². The molecule has 9 atom stereocenters. The summed E-state index contributed by atoms with van der Waals surface area (Å²) in [5.74, 6) is 0.156. The van der Waals surface area contributed by atoms with Gasteiger partial charge in [-0.15, -0.1) is 0 Å². The molecule has 130 valence electrons. The molecule has 2 aliphatic carbocycles. The molecular weight excluding hydrogens is 300 g/mol. The van der Waals surface area contributed by atoms with Crippen molar-refractivity contribution in [3.05, 3.63) is 0 Å². The van der Waals surface area contributed by atoms with Gasteiger partial charge in [0.25, 0.3) is 0 Å². The van der Waals surface area contributed by atoms with Crippen LogP contribution in [0.1, 0.15) is 40.0 Å². The largest absolute Gasteiger partial charge is 0.393 e. The molecule has 3 saturated heterocycles. The molecule has 5 fully saturated rings. The Morgan fingerprint density at radius 3 is 2.57 bits per heavy atom. The van der Waals surface area contributed by atoms with Gasteiger partial charge >= 0.3 is 0 Å². The molecular formula is C17H26O6. The van der Waals surface area contributed by atoms with Crippen molar-refractivity contribution in [3.8, 4) is 0 Å². The Morgan fingerprint density at radius 2 is 1.87 bits per heavy atom. The van der Waals surface area contributed by atoms with E-state index in [0.717, 1.165) is 19.3 Å². The third-order valence-corrected chi connectivity index (χ3v) is 6.59. The van der Waals surface area contributed by atoms with Gasteiger partial charge in [-0.05, 0) is 51.9 Å². The van der Waals surface area contributed by atoms with Crippen molar-refractivity contribution in [2.24, 2.45) is 17.3 Å². The Kier molecular flexibility index (Phi) is 3.06. The molecule has 23 heavy (non-hydrogen) atoms. The summed E-state index contributed by atoms with van der Waals surface area (Å²) < 4.78 is 30.1. The number of aliphatic hydroxyl groups excluding tert-OH is 1. The number of hydrogen-bond acceptors (Lipinski definition) is 6. The third-order valence-electron chi connectivity index (χ3n) is 6.59. The average Bonchev–Trinajstić information content (AvgIpc) is 3.12. The molecule has 5 rings (SSSR count). The molecule has 0 radical (unpaired) electrons. The van der Waals surface area contributed by atoms with Gasteiger partial charge in [-0.25, -0.2) is 0 Å². The summed E-state index contributed by atoms with van der Waals surface area (Å²) in [4.78, 5) is 0. The van der Waals surface area contributed by atoms with E-state index in [0.29, 0.717) is 12.5 Å². The second-order valence-corrected chi connectivity index (χ2v) is 8.30. The van der Waals surface area contributed by atoms with E-state index in [4.69, 9.17) is 23.7 Å². The monoisotopic (exact) mass is 326 g/mol. The molecule has 0 aromatic rings. The van der Waals surface area contributed by atoms with Crippen LogP contribution in [0.25, 0.3) is 0 Å². The van der Waals surface area contributed by atoms with E-state index < -0.39 is 5.79 Å². The van der Waals surface area contributed by atoms with E-state index in [1.165, 1.54) is 0 Å². The van der Waals surface area contributed by atoms with Gasteiger partial charge in [0.2, 0.25) is 0 Å². The van der Waals surface area contributed by atoms with Gasteiger partial charge in [0.05, 0.1) is 18.8 Å². The summed E-state index contributed by atoms with van der Waals surface area (Å²) in [6.07, 6.45) is 1.78. The highest BCUT2D eigenvalue weighted by Gasteiger charge is 2.75. The summed E-state index contributed by atoms with van der Waals surface area (Å²) in [5.41, 5.74) is -0.211. The Morgan fingerprint density at radius 1 is 1.04 bits per heavy atom. The van der Waals surface area contributed by atoms with Crippen LogP contribution in [-0.4, -0.2) is 54.5 Å². The van der Waals surface area contributed by atoms with Crippen molar-refractivity contribution in [1.82, 2.24) is 0 Å². The first-order valence-electron chi connectivity index (χ1n) is 8.87. The van der Waals surface area contributed by atoms with Crippen LogP contribution in [0.5, 0.6) is 0 Å². The van der Waals surface area contributed by atoms with E-state index in [1.807, 2.05) is 20.8 Å². The van der Waals surface area contributed by atoms with Crippen LogP contribution in [0.2, 0.25) is 0 Å². The lowest BCUT2D eigenvalue weighted by atomic mass is 9.49. The Labute approximate surface area is 136 Å². The van der Waals surface area contributed by atoms with Crippen LogP contribution >= 0.6 is 0 Å². The zero-order valence-electron chi connectivity index (χ0n) is 13.9. The zero-order valence-corrected chi connectivity index (χ0v) is 13.9. The predicted octanol–water partition coefficient (Wildman–Crippen LogP) is 1.40. The molecule has 6 nitrogen and oxygen atoms in total. The second-order valence-electron chi connectivity index (χ2n) is 8.30. The molecule has 1 spiro atoms. The normalized spacial score (nSPS) is 60.0. The third kappa shape index (κ3) is 1.91. The molecule has 0 bridgehead atoms. The molecule has 5 aliphatic rings. The predicted molar refractivity (Wildman–Crippen MR) is 78.3 cm³/mol. The molecule has 0 aromatic heterocycles. The fourth-order valence-electron chi connectivity index (χ4n) is 5.90. The smallest absolute Gasteiger partial charge is 0.188 e. The molecule has 1 N–H and O–H groups in total. The number of ether oxygens (including phenoxy) is 5. The fourth-order valence-corrected chi connectivity index (χ4v) is 5.90. The van der Waals surface area contributed by atoms with Gasteiger partial charge in [-0.3, -0.25) is 0 Å². The van der Waals surface area contributed by atoms with Crippen LogP contribution in [0, 0.1) is 17.3 Å². The number of fused-ring (bicyclic) bond motifs is 4. The van der Waals surface area contributed by atoms with E-state index in [9.17, 15) is 5.11 Å². The lowest BCUT2D eigenvalue weighted by Gasteiger charge is -2.56. The van der Waals surface area contributed by atoms with Gasteiger partial charge in [0.1, 0.15) is 12.2 Å². The summed E-state index contributed by atoms with van der Waals surface area (Å²) in [7, 11) is 0. The Hall–Kier alpha value is -0.240. The van der Waals surface area contributed by atoms with Crippen LogP contribution in [0.15, 0.2) is 0 Å². The summed E-state index contributed by atoms with van der Waals surface area (Å²) in [6.45, 7) is 6.29. The summed E-state index contributed by atoms with van der Waals surface area (Å²) in [5, 5.41) is 10.6. The van der Waals surface area contributed by atoms with Gasteiger partial charge in [-0.2, -0.15) is 0 Å². The number of rotatable bonds is 1. The van der Waals surface area contributed by atoms with Crippen molar-refractivity contribution >= 4 is 0 Å². The minimum Gasteiger partial charge on any atom is -0.393 e. The second kappa shape index (κ2) is 4.68. The van der Waals surface area contributed by atoms with Crippen molar-refractivity contribution < 1.29 is 28.8 Å².